The fraction of sp³-hybridized carbons (Fsp3) is 0.471. The summed E-state index contributed by atoms with van der Waals surface area (Å²) in [6, 6.07) is 6.74. The lowest BCUT2D eigenvalue weighted by atomic mass is 10.1. The average molecular weight is 352 g/mol. The molecule has 0 unspecified atom stereocenters. The van der Waals surface area contributed by atoms with Gasteiger partial charge in [0.15, 0.2) is 0 Å². The number of hydrogen-bond donors (Lipinski definition) is 2. The fourth-order valence-electron chi connectivity index (χ4n) is 2.57. The Kier molecular flexibility index (Phi) is 5.49. The van der Waals surface area contributed by atoms with E-state index in [9.17, 15) is 14.4 Å². The number of nitrogens with zero attached hydrogens (tertiary/aromatic N) is 1. The highest BCUT2D eigenvalue weighted by atomic mass is 35.5. The molecular weight excluding hydrogens is 330 g/mol. The molecule has 1 fully saturated rings. The Morgan fingerprint density at radius 1 is 1.29 bits per heavy atom. The normalized spacial score (nSPS) is 17.6. The van der Waals surface area contributed by atoms with E-state index in [0.717, 1.165) is 10.5 Å². The number of amides is 4. The van der Waals surface area contributed by atoms with Crippen LogP contribution in [0.4, 0.5) is 4.79 Å². The number of nitrogens with one attached hydrogen (secondary N) is 2. The summed E-state index contributed by atoms with van der Waals surface area (Å²) in [6.45, 7) is 5.44. The molecule has 1 saturated heterocycles. The lowest BCUT2D eigenvalue weighted by Crippen LogP contribution is -2.40. The molecule has 1 aliphatic heterocycles. The molecule has 7 heteroatoms. The van der Waals surface area contributed by atoms with Crippen LogP contribution in [0.15, 0.2) is 24.3 Å². The van der Waals surface area contributed by atoms with E-state index in [0.29, 0.717) is 11.4 Å². The minimum absolute atomic E-state index is 0.122. The van der Waals surface area contributed by atoms with Crippen LogP contribution < -0.4 is 10.6 Å². The maximum Gasteiger partial charge on any atom is 0.325 e. The Hall–Kier alpha value is -2.08. The summed E-state index contributed by atoms with van der Waals surface area (Å²) in [5.41, 5.74) is 0.0891. The van der Waals surface area contributed by atoms with Gasteiger partial charge < -0.3 is 10.6 Å². The highest BCUT2D eigenvalue weighted by molar-refractivity contribution is 6.30. The van der Waals surface area contributed by atoms with E-state index in [1.54, 1.807) is 26.0 Å². The van der Waals surface area contributed by atoms with Crippen molar-refractivity contribution in [1.29, 1.82) is 0 Å². The summed E-state index contributed by atoms with van der Waals surface area (Å²) in [5, 5.41) is 6.16. The minimum Gasteiger partial charge on any atom is -0.350 e. The topological polar surface area (TPSA) is 78.5 Å². The molecule has 0 radical (unpaired) electrons. The molecule has 130 valence electrons. The van der Waals surface area contributed by atoms with Gasteiger partial charge in [-0.1, -0.05) is 23.7 Å². The summed E-state index contributed by atoms with van der Waals surface area (Å²) in [6.07, 6.45) is 0.670. The van der Waals surface area contributed by atoms with Gasteiger partial charge in [0.2, 0.25) is 5.91 Å². The first-order chi connectivity index (χ1) is 11.2. The van der Waals surface area contributed by atoms with Crippen molar-refractivity contribution >= 4 is 29.4 Å². The molecular formula is C17H22ClN3O3. The molecule has 2 rings (SSSR count). The minimum atomic E-state index is -0.873. The lowest BCUT2D eigenvalue weighted by Gasteiger charge is -2.17. The van der Waals surface area contributed by atoms with E-state index in [4.69, 9.17) is 11.6 Å². The lowest BCUT2D eigenvalue weighted by molar-refractivity contribution is -0.130. The molecule has 1 aromatic carbocycles. The predicted molar refractivity (Wildman–Crippen MR) is 91.6 cm³/mol. The monoisotopic (exact) mass is 351 g/mol. The molecule has 1 aromatic rings. The summed E-state index contributed by atoms with van der Waals surface area (Å²) < 4.78 is 0. The first-order valence-electron chi connectivity index (χ1n) is 7.89. The Labute approximate surface area is 146 Å². The van der Waals surface area contributed by atoms with Crippen LogP contribution in [0.1, 0.15) is 45.2 Å². The van der Waals surface area contributed by atoms with Gasteiger partial charge in [0.05, 0.1) is 6.04 Å². The Morgan fingerprint density at radius 3 is 2.46 bits per heavy atom. The molecule has 2 N–H and O–H groups in total. The smallest absolute Gasteiger partial charge is 0.325 e. The average Bonchev–Trinajstić information content (AvgIpc) is 2.69. The van der Waals surface area contributed by atoms with Gasteiger partial charge in [-0.2, -0.15) is 0 Å². The van der Waals surface area contributed by atoms with Gasteiger partial charge in [-0.15, -0.1) is 0 Å². The molecule has 0 saturated carbocycles. The Morgan fingerprint density at radius 2 is 1.92 bits per heavy atom. The van der Waals surface area contributed by atoms with Crippen LogP contribution >= 0.6 is 11.6 Å². The highest BCUT2D eigenvalue weighted by Crippen LogP contribution is 2.18. The van der Waals surface area contributed by atoms with Crippen LogP contribution in [0, 0.1) is 0 Å². The first-order valence-corrected chi connectivity index (χ1v) is 8.27. The van der Waals surface area contributed by atoms with Crippen LogP contribution in [0.5, 0.6) is 0 Å². The highest BCUT2D eigenvalue weighted by Gasteiger charge is 2.43. The number of carbonyl (C=O) groups is 3. The molecule has 24 heavy (non-hydrogen) atoms. The number of urea groups is 1. The SMILES string of the molecule is C[C@H](NC(=O)CCCN1C(=O)NC(C)(C)C1=O)c1ccc(Cl)cc1. The van der Waals surface area contributed by atoms with Crippen LogP contribution in [0.3, 0.4) is 0 Å². The zero-order chi connectivity index (χ0) is 17.9. The van der Waals surface area contributed by atoms with Crippen molar-refractivity contribution in [3.05, 3.63) is 34.9 Å². The van der Waals surface area contributed by atoms with Gasteiger partial charge >= 0.3 is 6.03 Å². The number of halogens is 1. The standard InChI is InChI=1S/C17H22ClN3O3/c1-11(12-6-8-13(18)9-7-12)19-14(22)5-4-10-21-15(23)17(2,3)20-16(21)24/h6-9,11H,4-5,10H2,1-3H3,(H,19,22)(H,20,24)/t11-/m0/s1. The Bertz CT molecular complexity index is 643. The summed E-state index contributed by atoms with van der Waals surface area (Å²) >= 11 is 5.84. The van der Waals surface area contributed by atoms with E-state index in [1.165, 1.54) is 0 Å². The molecule has 4 amide bonds. The number of rotatable bonds is 6. The second kappa shape index (κ2) is 7.21. The van der Waals surface area contributed by atoms with Crippen molar-refractivity contribution < 1.29 is 14.4 Å². The van der Waals surface area contributed by atoms with Crippen LogP contribution in [0.2, 0.25) is 5.02 Å². The van der Waals surface area contributed by atoms with Crippen molar-refractivity contribution in [2.75, 3.05) is 6.54 Å². The van der Waals surface area contributed by atoms with E-state index >= 15 is 0 Å². The van der Waals surface area contributed by atoms with E-state index in [-0.39, 0.29) is 30.8 Å². The molecule has 1 aliphatic rings. The third-order valence-corrected chi connectivity index (χ3v) is 4.23. The number of imide groups is 1. The zero-order valence-electron chi connectivity index (χ0n) is 14.1. The van der Waals surface area contributed by atoms with Gasteiger partial charge in [-0.25, -0.2) is 4.79 Å². The van der Waals surface area contributed by atoms with Crippen molar-refractivity contribution in [2.45, 2.75) is 45.2 Å². The molecule has 6 nitrogen and oxygen atoms in total. The third-order valence-electron chi connectivity index (χ3n) is 3.98. The van der Waals surface area contributed by atoms with Gasteiger partial charge in [-0.3, -0.25) is 14.5 Å². The van der Waals surface area contributed by atoms with Crippen molar-refractivity contribution in [2.24, 2.45) is 0 Å². The van der Waals surface area contributed by atoms with Gasteiger partial charge in [0, 0.05) is 18.0 Å². The fourth-order valence-corrected chi connectivity index (χ4v) is 2.69. The molecule has 1 heterocycles. The zero-order valence-corrected chi connectivity index (χ0v) is 14.8. The Balaban J connectivity index is 1.78. The summed E-state index contributed by atoms with van der Waals surface area (Å²) in [5.74, 6) is -0.383. The first kappa shape index (κ1) is 18.3. The van der Waals surface area contributed by atoms with E-state index < -0.39 is 11.6 Å². The third kappa shape index (κ3) is 4.26. The number of carbonyl (C=O) groups excluding carboxylic acids is 3. The maximum atomic E-state index is 12.0. The maximum absolute atomic E-state index is 12.0. The van der Waals surface area contributed by atoms with Crippen molar-refractivity contribution in [1.82, 2.24) is 15.5 Å². The van der Waals surface area contributed by atoms with E-state index in [1.807, 2.05) is 19.1 Å². The molecule has 0 spiro atoms. The molecule has 1 atom stereocenters. The van der Waals surface area contributed by atoms with Crippen LogP contribution in [0.25, 0.3) is 0 Å². The second-order valence-corrected chi connectivity index (χ2v) is 6.89. The molecule has 0 aromatic heterocycles. The van der Waals surface area contributed by atoms with Gasteiger partial charge in [-0.05, 0) is 44.9 Å². The molecule has 0 bridgehead atoms. The van der Waals surface area contributed by atoms with Gasteiger partial charge in [0.1, 0.15) is 5.54 Å². The largest absolute Gasteiger partial charge is 0.350 e. The second-order valence-electron chi connectivity index (χ2n) is 6.46. The summed E-state index contributed by atoms with van der Waals surface area (Å²) in [4.78, 5) is 37.0. The van der Waals surface area contributed by atoms with Crippen LogP contribution in [-0.2, 0) is 9.59 Å². The quantitative estimate of drug-likeness (QED) is 0.773. The van der Waals surface area contributed by atoms with Crippen molar-refractivity contribution in [3.63, 3.8) is 0 Å². The number of hydrogen-bond acceptors (Lipinski definition) is 3. The van der Waals surface area contributed by atoms with Crippen LogP contribution in [-0.4, -0.2) is 34.8 Å². The van der Waals surface area contributed by atoms with E-state index in [2.05, 4.69) is 10.6 Å². The molecule has 0 aliphatic carbocycles. The van der Waals surface area contributed by atoms with Gasteiger partial charge in [0.25, 0.3) is 5.91 Å². The predicted octanol–water partition coefficient (Wildman–Crippen LogP) is 2.63. The number of benzene rings is 1. The van der Waals surface area contributed by atoms with Crippen molar-refractivity contribution in [3.8, 4) is 0 Å². The summed E-state index contributed by atoms with van der Waals surface area (Å²) in [7, 11) is 0.